The zero-order valence-corrected chi connectivity index (χ0v) is 15.6. The zero-order valence-electron chi connectivity index (χ0n) is 15.6. The lowest BCUT2D eigenvalue weighted by Crippen LogP contribution is -2.22. The Morgan fingerprint density at radius 2 is 1.09 bits per heavy atom. The molecule has 0 amide bonds. The second kappa shape index (κ2) is 7.49. The van der Waals surface area contributed by atoms with Gasteiger partial charge >= 0.3 is 0 Å². The Kier molecular flexibility index (Phi) is 5.36. The molecule has 0 radical (unpaired) electrons. The van der Waals surface area contributed by atoms with Crippen molar-refractivity contribution in [1.82, 2.24) is 0 Å². The summed E-state index contributed by atoms with van der Waals surface area (Å²) < 4.78 is 0. The van der Waals surface area contributed by atoms with Crippen LogP contribution in [0.3, 0.4) is 0 Å². The van der Waals surface area contributed by atoms with E-state index in [9.17, 15) is 0 Å². The molecule has 4 saturated carbocycles. The molecule has 0 aromatic heterocycles. The summed E-state index contributed by atoms with van der Waals surface area (Å²) in [5, 5.41) is 0. The number of fused-ring (bicyclic) bond motifs is 3. The molecule has 4 aliphatic rings. The van der Waals surface area contributed by atoms with Crippen molar-refractivity contribution in [2.75, 3.05) is 0 Å². The van der Waals surface area contributed by atoms with E-state index in [1.807, 2.05) is 0 Å². The molecule has 0 heterocycles. The Balaban J connectivity index is 1.35. The highest BCUT2D eigenvalue weighted by Crippen LogP contribution is 2.58. The number of hydrogen-bond donors (Lipinski definition) is 0. The zero-order chi connectivity index (χ0) is 15.6. The minimum absolute atomic E-state index is 1.10. The fraction of sp³-hybridized carbons (Fsp3) is 1.00. The standard InChI is InChI=1S/C23H40/c1-2-7-17-12-13-18(16-17)14-15-23-21-10-5-3-8-19(21)20-9-4-6-11-22(20)23/h17-23H,2-16H2,1H3. The van der Waals surface area contributed by atoms with Gasteiger partial charge in [-0.1, -0.05) is 64.7 Å². The van der Waals surface area contributed by atoms with Crippen LogP contribution in [-0.4, -0.2) is 0 Å². The Labute approximate surface area is 145 Å². The summed E-state index contributed by atoms with van der Waals surface area (Å²) in [7, 11) is 0. The average molecular weight is 317 g/mol. The van der Waals surface area contributed by atoms with Crippen molar-refractivity contribution in [3.63, 3.8) is 0 Å². The third kappa shape index (κ3) is 3.38. The maximum atomic E-state index is 2.37. The van der Waals surface area contributed by atoms with Crippen LogP contribution in [0.4, 0.5) is 0 Å². The van der Waals surface area contributed by atoms with E-state index in [-0.39, 0.29) is 0 Å². The van der Waals surface area contributed by atoms with Crippen LogP contribution in [0.1, 0.15) is 103 Å². The Morgan fingerprint density at radius 3 is 1.65 bits per heavy atom. The minimum atomic E-state index is 1.10. The van der Waals surface area contributed by atoms with Gasteiger partial charge in [0, 0.05) is 0 Å². The van der Waals surface area contributed by atoms with Gasteiger partial charge in [-0.2, -0.15) is 0 Å². The van der Waals surface area contributed by atoms with Crippen LogP contribution in [0.2, 0.25) is 0 Å². The Hall–Kier alpha value is 0. The molecule has 4 fully saturated rings. The smallest absolute Gasteiger partial charge is 0.0352 e. The van der Waals surface area contributed by atoms with E-state index in [1.54, 1.807) is 83.5 Å². The highest BCUT2D eigenvalue weighted by Gasteiger charge is 2.50. The van der Waals surface area contributed by atoms with Crippen molar-refractivity contribution >= 4 is 0 Å². The van der Waals surface area contributed by atoms with Crippen LogP contribution in [0, 0.1) is 41.4 Å². The molecule has 0 spiro atoms. The van der Waals surface area contributed by atoms with E-state index in [2.05, 4.69) is 6.92 Å². The summed E-state index contributed by atoms with van der Waals surface area (Å²) in [6.45, 7) is 2.37. The van der Waals surface area contributed by atoms with Crippen LogP contribution in [-0.2, 0) is 0 Å². The van der Waals surface area contributed by atoms with E-state index in [0.717, 1.165) is 41.4 Å². The molecule has 23 heavy (non-hydrogen) atoms. The van der Waals surface area contributed by atoms with Crippen LogP contribution in [0.15, 0.2) is 0 Å². The van der Waals surface area contributed by atoms with E-state index < -0.39 is 0 Å². The fourth-order valence-corrected chi connectivity index (χ4v) is 7.79. The molecule has 0 nitrogen and oxygen atoms in total. The van der Waals surface area contributed by atoms with Gasteiger partial charge in [0.1, 0.15) is 0 Å². The van der Waals surface area contributed by atoms with Gasteiger partial charge in [-0.05, 0) is 80.0 Å². The Morgan fingerprint density at radius 1 is 0.565 bits per heavy atom. The van der Waals surface area contributed by atoms with Crippen molar-refractivity contribution in [2.24, 2.45) is 41.4 Å². The maximum absolute atomic E-state index is 2.37. The van der Waals surface area contributed by atoms with Gasteiger partial charge in [0.05, 0.1) is 0 Å². The largest absolute Gasteiger partial charge is 0.0654 e. The van der Waals surface area contributed by atoms with E-state index in [4.69, 9.17) is 0 Å². The minimum Gasteiger partial charge on any atom is -0.0654 e. The predicted octanol–water partition coefficient (Wildman–Crippen LogP) is 7.23. The quantitative estimate of drug-likeness (QED) is 0.502. The van der Waals surface area contributed by atoms with Crippen molar-refractivity contribution < 1.29 is 0 Å². The molecule has 0 N–H and O–H groups in total. The summed E-state index contributed by atoms with van der Waals surface area (Å²) in [4.78, 5) is 0. The molecule has 0 aromatic carbocycles. The molecule has 0 aliphatic heterocycles. The first kappa shape index (κ1) is 16.5. The van der Waals surface area contributed by atoms with Gasteiger partial charge < -0.3 is 0 Å². The average Bonchev–Trinajstić information content (AvgIpc) is 3.16. The highest BCUT2D eigenvalue weighted by molar-refractivity contribution is 4.99. The monoisotopic (exact) mass is 316 g/mol. The predicted molar refractivity (Wildman–Crippen MR) is 99.4 cm³/mol. The van der Waals surface area contributed by atoms with Gasteiger partial charge in [0.15, 0.2) is 0 Å². The maximum Gasteiger partial charge on any atom is -0.0352 e. The van der Waals surface area contributed by atoms with Crippen molar-refractivity contribution in [2.45, 2.75) is 103 Å². The van der Waals surface area contributed by atoms with Crippen LogP contribution >= 0.6 is 0 Å². The number of rotatable bonds is 5. The first-order valence-electron chi connectivity index (χ1n) is 11.4. The lowest BCUT2D eigenvalue weighted by Gasteiger charge is -2.32. The topological polar surface area (TPSA) is 0 Å². The third-order valence-corrected chi connectivity index (χ3v) is 8.65. The van der Waals surface area contributed by atoms with Crippen molar-refractivity contribution in [3.8, 4) is 0 Å². The normalized spacial score (nSPS) is 46.6. The van der Waals surface area contributed by atoms with Gasteiger partial charge in [0.25, 0.3) is 0 Å². The van der Waals surface area contributed by atoms with Crippen LogP contribution in [0.5, 0.6) is 0 Å². The first-order chi connectivity index (χ1) is 11.4. The second-order valence-electron chi connectivity index (χ2n) is 9.80. The fourth-order valence-electron chi connectivity index (χ4n) is 7.79. The lowest BCUT2D eigenvalue weighted by atomic mass is 9.73. The van der Waals surface area contributed by atoms with Crippen LogP contribution in [0.25, 0.3) is 0 Å². The van der Waals surface area contributed by atoms with Crippen molar-refractivity contribution in [1.29, 1.82) is 0 Å². The lowest BCUT2D eigenvalue weighted by molar-refractivity contribution is 0.184. The molecule has 0 saturated heterocycles. The first-order valence-corrected chi connectivity index (χ1v) is 11.4. The second-order valence-corrected chi connectivity index (χ2v) is 9.80. The van der Waals surface area contributed by atoms with Crippen LogP contribution < -0.4 is 0 Å². The van der Waals surface area contributed by atoms with Crippen molar-refractivity contribution in [3.05, 3.63) is 0 Å². The summed E-state index contributed by atoms with van der Waals surface area (Å²) >= 11 is 0. The van der Waals surface area contributed by atoms with Gasteiger partial charge in [0.2, 0.25) is 0 Å². The van der Waals surface area contributed by atoms with Gasteiger partial charge in [-0.25, -0.2) is 0 Å². The molecule has 0 bridgehead atoms. The van der Waals surface area contributed by atoms with Gasteiger partial charge in [-0.3, -0.25) is 0 Å². The summed E-state index contributed by atoms with van der Waals surface area (Å²) in [6, 6.07) is 0. The molecule has 0 aromatic rings. The molecule has 0 heteroatoms. The summed E-state index contributed by atoms with van der Waals surface area (Å²) in [6.07, 6.45) is 23.5. The van der Waals surface area contributed by atoms with Gasteiger partial charge in [-0.15, -0.1) is 0 Å². The third-order valence-electron chi connectivity index (χ3n) is 8.65. The Bertz CT molecular complexity index is 350. The van der Waals surface area contributed by atoms with E-state index >= 15 is 0 Å². The number of hydrogen-bond acceptors (Lipinski definition) is 0. The van der Waals surface area contributed by atoms with E-state index in [1.165, 1.54) is 12.8 Å². The molecule has 132 valence electrons. The molecule has 6 unspecified atom stereocenters. The molecule has 6 atom stereocenters. The molecule has 4 aliphatic carbocycles. The summed E-state index contributed by atoms with van der Waals surface area (Å²) in [5.41, 5.74) is 0. The highest BCUT2D eigenvalue weighted by atomic mass is 14.6. The SMILES string of the molecule is CCCC1CCC(CCC2C3CCCCC3C3CCCCC32)C1. The summed E-state index contributed by atoms with van der Waals surface area (Å²) in [5.74, 6) is 7.99. The molecule has 4 rings (SSSR count). The molecular formula is C23H40. The molecular weight excluding hydrogens is 276 g/mol. The van der Waals surface area contributed by atoms with E-state index in [0.29, 0.717) is 0 Å².